The second-order valence-corrected chi connectivity index (χ2v) is 7.75. The SMILES string of the molecule is Nc1cccc2c1CCCN2CC(=O)N1CCC(OCc2ccccc2)CC1. The third-order valence-corrected chi connectivity index (χ3v) is 5.83. The van der Waals surface area contributed by atoms with Crippen LogP contribution in [0.25, 0.3) is 0 Å². The Morgan fingerprint density at radius 1 is 1.04 bits per heavy atom. The van der Waals surface area contributed by atoms with Crippen LogP contribution >= 0.6 is 0 Å². The molecule has 2 aromatic carbocycles. The Morgan fingerprint density at radius 3 is 2.61 bits per heavy atom. The fourth-order valence-electron chi connectivity index (χ4n) is 4.22. The Hall–Kier alpha value is -2.53. The van der Waals surface area contributed by atoms with Crippen LogP contribution in [0.2, 0.25) is 0 Å². The second kappa shape index (κ2) is 8.65. The minimum Gasteiger partial charge on any atom is -0.398 e. The van der Waals surface area contributed by atoms with Crippen molar-refractivity contribution in [2.24, 2.45) is 0 Å². The number of ether oxygens (including phenoxy) is 1. The van der Waals surface area contributed by atoms with Crippen molar-refractivity contribution in [2.75, 3.05) is 36.8 Å². The molecule has 0 aromatic heterocycles. The molecule has 4 rings (SSSR count). The van der Waals surface area contributed by atoms with E-state index in [4.69, 9.17) is 10.5 Å². The molecular weight excluding hydrogens is 350 g/mol. The van der Waals surface area contributed by atoms with Crippen molar-refractivity contribution >= 4 is 17.3 Å². The molecule has 0 bridgehead atoms. The summed E-state index contributed by atoms with van der Waals surface area (Å²) in [6, 6.07) is 16.3. The van der Waals surface area contributed by atoms with Gasteiger partial charge in [-0.2, -0.15) is 0 Å². The normalized spacial score (nSPS) is 17.4. The van der Waals surface area contributed by atoms with E-state index in [9.17, 15) is 4.79 Å². The average Bonchev–Trinajstić information content (AvgIpc) is 2.74. The van der Waals surface area contributed by atoms with Gasteiger partial charge in [0.1, 0.15) is 0 Å². The summed E-state index contributed by atoms with van der Waals surface area (Å²) in [5.74, 6) is 0.205. The van der Waals surface area contributed by atoms with Crippen molar-refractivity contribution in [1.82, 2.24) is 4.90 Å². The van der Waals surface area contributed by atoms with Crippen molar-refractivity contribution < 1.29 is 9.53 Å². The van der Waals surface area contributed by atoms with Gasteiger partial charge in [-0.05, 0) is 48.9 Å². The molecule has 2 heterocycles. The van der Waals surface area contributed by atoms with Crippen LogP contribution < -0.4 is 10.6 Å². The number of nitrogens with two attached hydrogens (primary N) is 1. The number of fused-ring (bicyclic) bond motifs is 1. The summed E-state index contributed by atoms with van der Waals surface area (Å²) >= 11 is 0. The summed E-state index contributed by atoms with van der Waals surface area (Å²) in [6.07, 6.45) is 4.09. The van der Waals surface area contributed by atoms with Gasteiger partial charge < -0.3 is 20.3 Å². The minimum absolute atomic E-state index is 0.205. The Labute approximate surface area is 167 Å². The molecule has 1 fully saturated rings. The molecule has 148 valence electrons. The number of nitrogen functional groups attached to an aromatic ring is 1. The van der Waals surface area contributed by atoms with E-state index in [-0.39, 0.29) is 12.0 Å². The maximum Gasteiger partial charge on any atom is 0.242 e. The monoisotopic (exact) mass is 379 g/mol. The highest BCUT2D eigenvalue weighted by atomic mass is 16.5. The van der Waals surface area contributed by atoms with Crippen LogP contribution in [-0.4, -0.2) is 43.1 Å². The maximum absolute atomic E-state index is 12.9. The lowest BCUT2D eigenvalue weighted by atomic mass is 10.00. The van der Waals surface area contributed by atoms with Gasteiger partial charge in [0.15, 0.2) is 0 Å². The first-order chi connectivity index (χ1) is 13.7. The number of likely N-dealkylation sites (tertiary alicyclic amines) is 1. The van der Waals surface area contributed by atoms with Gasteiger partial charge in [-0.25, -0.2) is 0 Å². The summed E-state index contributed by atoms with van der Waals surface area (Å²) in [7, 11) is 0. The maximum atomic E-state index is 12.9. The van der Waals surface area contributed by atoms with Gasteiger partial charge in [-0.1, -0.05) is 36.4 Å². The molecule has 0 aliphatic carbocycles. The fourth-order valence-corrected chi connectivity index (χ4v) is 4.22. The largest absolute Gasteiger partial charge is 0.398 e. The number of piperidine rings is 1. The van der Waals surface area contributed by atoms with Crippen LogP contribution in [0, 0.1) is 0 Å². The van der Waals surface area contributed by atoms with Crippen molar-refractivity contribution in [2.45, 2.75) is 38.4 Å². The van der Waals surface area contributed by atoms with Crippen LogP contribution in [0.5, 0.6) is 0 Å². The number of hydrogen-bond donors (Lipinski definition) is 1. The van der Waals surface area contributed by atoms with Gasteiger partial charge in [-0.3, -0.25) is 4.79 Å². The van der Waals surface area contributed by atoms with Crippen molar-refractivity contribution in [1.29, 1.82) is 0 Å². The van der Waals surface area contributed by atoms with Crippen LogP contribution in [0.15, 0.2) is 48.5 Å². The number of benzene rings is 2. The minimum atomic E-state index is 0.205. The molecule has 5 heteroatoms. The molecule has 0 unspecified atom stereocenters. The van der Waals surface area contributed by atoms with E-state index < -0.39 is 0 Å². The molecule has 1 amide bonds. The molecule has 5 nitrogen and oxygen atoms in total. The predicted octanol–water partition coefficient (Wildman–Crippen LogP) is 3.23. The Kier molecular flexibility index (Phi) is 5.81. The van der Waals surface area contributed by atoms with E-state index in [2.05, 4.69) is 23.1 Å². The van der Waals surface area contributed by atoms with E-state index in [0.29, 0.717) is 13.2 Å². The molecule has 0 radical (unpaired) electrons. The van der Waals surface area contributed by atoms with E-state index in [0.717, 1.165) is 56.7 Å². The van der Waals surface area contributed by atoms with Gasteiger partial charge in [0.05, 0.1) is 19.3 Å². The summed E-state index contributed by atoms with van der Waals surface area (Å²) in [5.41, 5.74) is 10.5. The lowest BCUT2D eigenvalue weighted by Crippen LogP contribution is -2.46. The highest BCUT2D eigenvalue weighted by Gasteiger charge is 2.26. The zero-order chi connectivity index (χ0) is 19.3. The first kappa shape index (κ1) is 18.8. The summed E-state index contributed by atoms with van der Waals surface area (Å²) in [5, 5.41) is 0. The molecule has 0 atom stereocenters. The average molecular weight is 380 g/mol. The number of carbonyl (C=O) groups is 1. The molecule has 0 saturated carbocycles. The van der Waals surface area contributed by atoms with Crippen molar-refractivity contribution in [3.8, 4) is 0 Å². The van der Waals surface area contributed by atoms with Crippen LogP contribution in [0.3, 0.4) is 0 Å². The second-order valence-electron chi connectivity index (χ2n) is 7.75. The number of rotatable bonds is 5. The summed E-state index contributed by atoms with van der Waals surface area (Å²) in [6.45, 7) is 3.54. The number of amides is 1. The third-order valence-electron chi connectivity index (χ3n) is 5.83. The van der Waals surface area contributed by atoms with Crippen LogP contribution in [0.4, 0.5) is 11.4 Å². The van der Waals surface area contributed by atoms with Gasteiger partial charge in [0.25, 0.3) is 0 Å². The molecule has 1 saturated heterocycles. The van der Waals surface area contributed by atoms with Gasteiger partial charge in [0.2, 0.25) is 5.91 Å². The third kappa shape index (κ3) is 4.30. The van der Waals surface area contributed by atoms with Gasteiger partial charge in [0, 0.05) is 31.0 Å². The molecule has 0 spiro atoms. The number of nitrogens with zero attached hydrogens (tertiary/aromatic N) is 2. The Bertz CT molecular complexity index is 801. The zero-order valence-corrected chi connectivity index (χ0v) is 16.3. The molecule has 2 aliphatic heterocycles. The number of hydrogen-bond acceptors (Lipinski definition) is 4. The van der Waals surface area contributed by atoms with Crippen molar-refractivity contribution in [3.63, 3.8) is 0 Å². The summed E-state index contributed by atoms with van der Waals surface area (Å²) < 4.78 is 6.04. The summed E-state index contributed by atoms with van der Waals surface area (Å²) in [4.78, 5) is 17.0. The number of anilines is 2. The van der Waals surface area contributed by atoms with E-state index in [1.54, 1.807) is 0 Å². The Balaban J connectivity index is 1.28. The lowest BCUT2D eigenvalue weighted by Gasteiger charge is -2.36. The topological polar surface area (TPSA) is 58.8 Å². The fraction of sp³-hybridized carbons (Fsp3) is 0.435. The van der Waals surface area contributed by atoms with Crippen LogP contribution in [0.1, 0.15) is 30.4 Å². The van der Waals surface area contributed by atoms with E-state index in [1.165, 1.54) is 11.1 Å². The first-order valence-electron chi connectivity index (χ1n) is 10.3. The molecule has 2 N–H and O–H groups in total. The molecule has 2 aromatic rings. The highest BCUT2D eigenvalue weighted by Crippen LogP contribution is 2.31. The highest BCUT2D eigenvalue weighted by molar-refractivity contribution is 5.82. The van der Waals surface area contributed by atoms with Crippen molar-refractivity contribution in [3.05, 3.63) is 59.7 Å². The van der Waals surface area contributed by atoms with Crippen LogP contribution in [-0.2, 0) is 22.6 Å². The quantitative estimate of drug-likeness (QED) is 0.811. The smallest absolute Gasteiger partial charge is 0.242 e. The van der Waals surface area contributed by atoms with E-state index >= 15 is 0 Å². The van der Waals surface area contributed by atoms with E-state index in [1.807, 2.05) is 35.2 Å². The molecule has 28 heavy (non-hydrogen) atoms. The predicted molar refractivity (Wildman–Crippen MR) is 112 cm³/mol. The van der Waals surface area contributed by atoms with Gasteiger partial charge in [-0.15, -0.1) is 0 Å². The number of carbonyl (C=O) groups excluding carboxylic acids is 1. The zero-order valence-electron chi connectivity index (χ0n) is 16.3. The standard InChI is InChI=1S/C23H29N3O2/c24-21-9-4-10-22-20(21)8-5-13-26(22)16-23(27)25-14-11-19(12-15-25)28-17-18-6-2-1-3-7-18/h1-4,6-7,9-10,19H,5,8,11-17,24H2. The molecule has 2 aliphatic rings. The Morgan fingerprint density at radius 2 is 1.82 bits per heavy atom. The first-order valence-corrected chi connectivity index (χ1v) is 10.3. The lowest BCUT2D eigenvalue weighted by molar-refractivity contribution is -0.132. The van der Waals surface area contributed by atoms with Gasteiger partial charge >= 0.3 is 0 Å². The molecular formula is C23H29N3O2.